The predicted molar refractivity (Wildman–Crippen MR) is 77.3 cm³/mol. The van der Waals surface area contributed by atoms with Crippen LogP contribution in [0.3, 0.4) is 0 Å². The molecule has 0 saturated heterocycles. The van der Waals surface area contributed by atoms with Gasteiger partial charge in [0.2, 0.25) is 0 Å². The maximum atomic E-state index is 13.1. The fourth-order valence-corrected chi connectivity index (χ4v) is 2.19. The Labute approximate surface area is 115 Å². The van der Waals surface area contributed by atoms with Crippen molar-refractivity contribution in [3.63, 3.8) is 0 Å². The molecule has 0 aliphatic rings. The van der Waals surface area contributed by atoms with Gasteiger partial charge in [0.15, 0.2) is 0 Å². The monoisotopic (exact) mass is 307 g/mol. The minimum Gasteiger partial charge on any atom is -0.381 e. The Kier molecular flexibility index (Phi) is 4.02. The third-order valence-electron chi connectivity index (χ3n) is 3.12. The second-order valence-electron chi connectivity index (χ2n) is 4.34. The molecule has 0 spiro atoms. The van der Waals surface area contributed by atoms with Gasteiger partial charge in [-0.2, -0.15) is 0 Å². The molecule has 0 amide bonds. The van der Waals surface area contributed by atoms with Crippen molar-refractivity contribution in [2.45, 2.75) is 20.4 Å². The van der Waals surface area contributed by atoms with Crippen molar-refractivity contribution in [3.8, 4) is 0 Å². The van der Waals surface area contributed by atoms with E-state index >= 15 is 0 Å². The topological polar surface area (TPSA) is 12.0 Å². The predicted octanol–water partition coefficient (Wildman–Crippen LogP) is 4.82. The van der Waals surface area contributed by atoms with E-state index in [1.54, 1.807) is 12.1 Å². The van der Waals surface area contributed by atoms with Crippen LogP contribution in [-0.4, -0.2) is 0 Å². The van der Waals surface area contributed by atoms with Gasteiger partial charge in [0.05, 0.1) is 4.47 Å². The van der Waals surface area contributed by atoms with Gasteiger partial charge in [0.1, 0.15) is 5.82 Å². The molecule has 0 aliphatic heterocycles. The number of rotatable bonds is 3. The van der Waals surface area contributed by atoms with E-state index in [1.807, 2.05) is 0 Å². The lowest BCUT2D eigenvalue weighted by molar-refractivity contribution is 0.621. The van der Waals surface area contributed by atoms with E-state index in [9.17, 15) is 4.39 Å². The molecule has 1 nitrogen and oxygen atoms in total. The van der Waals surface area contributed by atoms with Crippen LogP contribution < -0.4 is 5.32 Å². The fourth-order valence-electron chi connectivity index (χ4n) is 1.81. The van der Waals surface area contributed by atoms with Crippen LogP contribution in [0.5, 0.6) is 0 Å². The Morgan fingerprint density at radius 2 is 1.94 bits per heavy atom. The zero-order valence-corrected chi connectivity index (χ0v) is 12.0. The van der Waals surface area contributed by atoms with E-state index in [2.05, 4.69) is 53.3 Å². The molecule has 94 valence electrons. The molecule has 0 fully saturated rings. The van der Waals surface area contributed by atoms with Gasteiger partial charge in [-0.05, 0) is 64.7 Å². The summed E-state index contributed by atoms with van der Waals surface area (Å²) in [7, 11) is 0. The molecular weight excluding hydrogens is 293 g/mol. The van der Waals surface area contributed by atoms with Gasteiger partial charge < -0.3 is 5.32 Å². The third-order valence-corrected chi connectivity index (χ3v) is 3.73. The van der Waals surface area contributed by atoms with E-state index in [-0.39, 0.29) is 5.82 Å². The SMILES string of the molecule is Cc1cccc(CNc2ccc(F)c(Br)c2)c1C. The van der Waals surface area contributed by atoms with Crippen LogP contribution in [0.15, 0.2) is 40.9 Å². The zero-order chi connectivity index (χ0) is 13.1. The minimum absolute atomic E-state index is 0.243. The molecule has 18 heavy (non-hydrogen) atoms. The molecule has 0 saturated carbocycles. The number of hydrogen-bond acceptors (Lipinski definition) is 1. The van der Waals surface area contributed by atoms with Crippen LogP contribution in [0.1, 0.15) is 16.7 Å². The first-order valence-electron chi connectivity index (χ1n) is 5.82. The molecule has 2 aromatic rings. The number of nitrogens with one attached hydrogen (secondary N) is 1. The quantitative estimate of drug-likeness (QED) is 0.857. The van der Waals surface area contributed by atoms with E-state index in [4.69, 9.17) is 0 Å². The fraction of sp³-hybridized carbons (Fsp3) is 0.200. The normalized spacial score (nSPS) is 10.4. The number of halogens is 2. The Bertz CT molecular complexity index is 566. The van der Waals surface area contributed by atoms with E-state index in [1.165, 1.54) is 22.8 Å². The summed E-state index contributed by atoms with van der Waals surface area (Å²) in [6, 6.07) is 11.2. The molecule has 0 aliphatic carbocycles. The van der Waals surface area contributed by atoms with Gasteiger partial charge in [0, 0.05) is 12.2 Å². The number of hydrogen-bond donors (Lipinski definition) is 1. The van der Waals surface area contributed by atoms with Crippen LogP contribution in [0, 0.1) is 19.7 Å². The molecular formula is C15H15BrFN. The minimum atomic E-state index is -0.243. The first kappa shape index (κ1) is 13.1. The zero-order valence-electron chi connectivity index (χ0n) is 10.4. The molecule has 0 radical (unpaired) electrons. The largest absolute Gasteiger partial charge is 0.381 e. The second kappa shape index (κ2) is 5.53. The molecule has 1 N–H and O–H groups in total. The molecule has 3 heteroatoms. The summed E-state index contributed by atoms with van der Waals surface area (Å²) < 4.78 is 13.6. The summed E-state index contributed by atoms with van der Waals surface area (Å²) in [6.45, 7) is 4.96. The lowest BCUT2D eigenvalue weighted by Crippen LogP contribution is -2.02. The summed E-state index contributed by atoms with van der Waals surface area (Å²) in [5.74, 6) is -0.243. The summed E-state index contributed by atoms with van der Waals surface area (Å²) in [4.78, 5) is 0. The van der Waals surface area contributed by atoms with Crippen molar-refractivity contribution in [1.82, 2.24) is 0 Å². The smallest absolute Gasteiger partial charge is 0.137 e. The van der Waals surface area contributed by atoms with Gasteiger partial charge >= 0.3 is 0 Å². The highest BCUT2D eigenvalue weighted by atomic mass is 79.9. The molecule has 0 atom stereocenters. The highest BCUT2D eigenvalue weighted by Gasteiger charge is 2.02. The van der Waals surface area contributed by atoms with E-state index in [0.717, 1.165) is 12.2 Å². The van der Waals surface area contributed by atoms with Gasteiger partial charge in [-0.3, -0.25) is 0 Å². The van der Waals surface area contributed by atoms with Crippen molar-refractivity contribution in [1.29, 1.82) is 0 Å². The van der Waals surface area contributed by atoms with Gasteiger partial charge in [-0.15, -0.1) is 0 Å². The van der Waals surface area contributed by atoms with Crippen molar-refractivity contribution < 1.29 is 4.39 Å². The maximum Gasteiger partial charge on any atom is 0.137 e. The van der Waals surface area contributed by atoms with E-state index in [0.29, 0.717) is 4.47 Å². The number of anilines is 1. The molecule has 0 unspecified atom stereocenters. The molecule has 2 rings (SSSR count). The van der Waals surface area contributed by atoms with Crippen molar-refractivity contribution in [2.24, 2.45) is 0 Å². The lowest BCUT2D eigenvalue weighted by atomic mass is 10.0. The number of aryl methyl sites for hydroxylation is 1. The Morgan fingerprint density at radius 3 is 2.67 bits per heavy atom. The maximum absolute atomic E-state index is 13.1. The Hall–Kier alpha value is -1.35. The van der Waals surface area contributed by atoms with Gasteiger partial charge in [0.25, 0.3) is 0 Å². The molecule has 0 aromatic heterocycles. The summed E-state index contributed by atoms with van der Waals surface area (Å²) in [5.41, 5.74) is 4.75. The van der Waals surface area contributed by atoms with Crippen LogP contribution in [0.2, 0.25) is 0 Å². The van der Waals surface area contributed by atoms with Crippen molar-refractivity contribution in [2.75, 3.05) is 5.32 Å². The highest BCUT2D eigenvalue weighted by molar-refractivity contribution is 9.10. The standard InChI is InChI=1S/C15H15BrFN/c1-10-4-3-5-12(11(10)2)9-18-13-6-7-15(17)14(16)8-13/h3-8,18H,9H2,1-2H3. The molecule has 2 aromatic carbocycles. The summed E-state index contributed by atoms with van der Waals surface area (Å²) in [5, 5.41) is 3.30. The Morgan fingerprint density at radius 1 is 1.17 bits per heavy atom. The van der Waals surface area contributed by atoms with Crippen LogP contribution in [0.4, 0.5) is 10.1 Å². The van der Waals surface area contributed by atoms with Crippen molar-refractivity contribution >= 4 is 21.6 Å². The molecule has 0 heterocycles. The average molecular weight is 308 g/mol. The summed E-state index contributed by atoms with van der Waals surface area (Å²) >= 11 is 3.18. The van der Waals surface area contributed by atoms with Crippen LogP contribution in [-0.2, 0) is 6.54 Å². The third kappa shape index (κ3) is 2.91. The van der Waals surface area contributed by atoms with Gasteiger partial charge in [-0.25, -0.2) is 4.39 Å². The lowest BCUT2D eigenvalue weighted by Gasteiger charge is -2.11. The highest BCUT2D eigenvalue weighted by Crippen LogP contribution is 2.21. The Balaban J connectivity index is 2.11. The summed E-state index contributed by atoms with van der Waals surface area (Å²) in [6.07, 6.45) is 0. The first-order valence-corrected chi connectivity index (χ1v) is 6.61. The van der Waals surface area contributed by atoms with Gasteiger partial charge in [-0.1, -0.05) is 18.2 Å². The molecule has 0 bridgehead atoms. The van der Waals surface area contributed by atoms with Crippen LogP contribution in [0.25, 0.3) is 0 Å². The van der Waals surface area contributed by atoms with E-state index < -0.39 is 0 Å². The first-order chi connectivity index (χ1) is 8.58. The average Bonchev–Trinajstić information content (AvgIpc) is 2.35. The van der Waals surface area contributed by atoms with Crippen LogP contribution >= 0.6 is 15.9 Å². The van der Waals surface area contributed by atoms with Crippen molar-refractivity contribution in [3.05, 3.63) is 63.4 Å². The second-order valence-corrected chi connectivity index (χ2v) is 5.20. The number of benzene rings is 2.